The summed E-state index contributed by atoms with van der Waals surface area (Å²) in [4.78, 5) is 24.6. The summed E-state index contributed by atoms with van der Waals surface area (Å²) in [5.41, 5.74) is 4.11. The number of nitrogens with zero attached hydrogens (tertiary/aromatic N) is 1. The lowest BCUT2D eigenvalue weighted by molar-refractivity contribution is -0.758. The number of hydrogen-bond donors (Lipinski definition) is 2. The molecule has 0 spiro atoms. The Kier molecular flexibility index (Phi) is 4.85. The van der Waals surface area contributed by atoms with Gasteiger partial charge in [0.15, 0.2) is 0 Å². The predicted octanol–water partition coefficient (Wildman–Crippen LogP) is 0.167. The molecular weight excluding hydrogens is 192 g/mol. The molecule has 0 amide bonds. The molecule has 0 bridgehead atoms. The average Bonchev–Trinajstić information content (AvgIpc) is 2.03. The Bertz CT molecular complexity index is 220. The normalized spacial score (nSPS) is 14.4. The zero-order valence-corrected chi connectivity index (χ0v) is 7.93. The summed E-state index contributed by atoms with van der Waals surface area (Å²) < 4.78 is 0. The van der Waals surface area contributed by atoms with Crippen LogP contribution in [-0.2, 0) is 9.63 Å². The maximum Gasteiger partial charge on any atom is 0.323 e. The van der Waals surface area contributed by atoms with Crippen molar-refractivity contribution in [2.75, 3.05) is 6.61 Å². The summed E-state index contributed by atoms with van der Waals surface area (Å²) in [7, 11) is 0. The fraction of sp³-hybridized carbons (Fsp3) is 0.857. The molecule has 1 unspecified atom stereocenters. The summed E-state index contributed by atoms with van der Waals surface area (Å²) >= 11 is 0. The van der Waals surface area contributed by atoms with Crippen molar-refractivity contribution < 1.29 is 19.8 Å². The average molecular weight is 206 g/mol. The van der Waals surface area contributed by atoms with Crippen molar-refractivity contribution in [2.24, 2.45) is 5.73 Å². The number of nitrogens with two attached hydrogens (primary N) is 1. The molecular formula is C7H14N2O5. The van der Waals surface area contributed by atoms with Gasteiger partial charge in [0.1, 0.15) is 5.54 Å². The molecule has 3 N–H and O–H groups in total. The van der Waals surface area contributed by atoms with E-state index < -0.39 is 16.6 Å². The van der Waals surface area contributed by atoms with Gasteiger partial charge in [-0.25, -0.2) is 0 Å². The maximum absolute atomic E-state index is 10.7. The zero-order chi connectivity index (χ0) is 11.2. The lowest BCUT2D eigenvalue weighted by Crippen LogP contribution is -2.48. The van der Waals surface area contributed by atoms with Crippen LogP contribution in [-0.4, -0.2) is 28.3 Å². The quantitative estimate of drug-likeness (QED) is 0.453. The van der Waals surface area contributed by atoms with Crippen molar-refractivity contribution in [2.45, 2.75) is 31.7 Å². The number of carboxylic acid groups (broad SMARTS) is 1. The second-order valence-electron chi connectivity index (χ2n) is 3.02. The van der Waals surface area contributed by atoms with E-state index in [1.807, 2.05) is 0 Å². The highest BCUT2D eigenvalue weighted by Crippen LogP contribution is 2.14. The highest BCUT2D eigenvalue weighted by Gasteiger charge is 2.32. The number of rotatable bonds is 7. The van der Waals surface area contributed by atoms with Gasteiger partial charge in [-0.3, -0.25) is 4.79 Å². The van der Waals surface area contributed by atoms with Gasteiger partial charge in [-0.15, -0.1) is 10.1 Å². The topological polar surface area (TPSA) is 116 Å². The van der Waals surface area contributed by atoms with Crippen LogP contribution in [0.1, 0.15) is 26.2 Å². The van der Waals surface area contributed by atoms with Crippen LogP contribution in [0.4, 0.5) is 0 Å². The molecule has 0 aliphatic carbocycles. The number of carboxylic acids is 1. The Morgan fingerprint density at radius 1 is 1.64 bits per heavy atom. The molecule has 0 rings (SSSR count). The predicted molar refractivity (Wildman–Crippen MR) is 47.0 cm³/mol. The lowest BCUT2D eigenvalue weighted by atomic mass is 9.92. The van der Waals surface area contributed by atoms with Crippen LogP contribution in [0.25, 0.3) is 0 Å². The molecule has 0 saturated carbocycles. The standard InChI is InChI=1S/C7H14N2O5/c1-2-3-7(8,6(10)11)4-5-14-9(12)13/h2-5,8H2,1H3,(H,10,11). The van der Waals surface area contributed by atoms with E-state index in [9.17, 15) is 14.9 Å². The summed E-state index contributed by atoms with van der Waals surface area (Å²) in [6, 6.07) is 0. The van der Waals surface area contributed by atoms with Gasteiger partial charge < -0.3 is 15.7 Å². The Labute approximate surface area is 80.9 Å². The molecule has 82 valence electrons. The second kappa shape index (κ2) is 5.38. The van der Waals surface area contributed by atoms with E-state index in [0.717, 1.165) is 0 Å². The molecule has 14 heavy (non-hydrogen) atoms. The molecule has 0 aromatic rings. The van der Waals surface area contributed by atoms with Crippen LogP contribution in [0.15, 0.2) is 0 Å². The Morgan fingerprint density at radius 2 is 2.21 bits per heavy atom. The zero-order valence-electron chi connectivity index (χ0n) is 7.93. The summed E-state index contributed by atoms with van der Waals surface area (Å²) in [6.45, 7) is 1.49. The Hall–Kier alpha value is -1.37. The Morgan fingerprint density at radius 3 is 2.57 bits per heavy atom. The summed E-state index contributed by atoms with van der Waals surface area (Å²) in [6.07, 6.45) is 0.793. The molecule has 1 atom stereocenters. The van der Waals surface area contributed by atoms with Crippen molar-refractivity contribution in [3.8, 4) is 0 Å². The third-order valence-corrected chi connectivity index (χ3v) is 1.87. The molecule has 7 heteroatoms. The molecule has 0 aliphatic rings. The SMILES string of the molecule is CCCC(N)(CCO[N+](=O)[O-])C(=O)O. The van der Waals surface area contributed by atoms with E-state index in [2.05, 4.69) is 4.84 Å². The minimum Gasteiger partial charge on any atom is -0.480 e. The Balaban J connectivity index is 4.09. The fourth-order valence-electron chi connectivity index (χ4n) is 1.09. The van der Waals surface area contributed by atoms with Crippen LogP contribution in [0.2, 0.25) is 0 Å². The van der Waals surface area contributed by atoms with E-state index in [0.29, 0.717) is 6.42 Å². The van der Waals surface area contributed by atoms with Crippen LogP contribution >= 0.6 is 0 Å². The third-order valence-electron chi connectivity index (χ3n) is 1.87. The number of hydrogen-bond acceptors (Lipinski definition) is 5. The van der Waals surface area contributed by atoms with E-state index >= 15 is 0 Å². The van der Waals surface area contributed by atoms with E-state index in [1.165, 1.54) is 0 Å². The first-order chi connectivity index (χ1) is 6.42. The van der Waals surface area contributed by atoms with Gasteiger partial charge in [0.05, 0.1) is 6.61 Å². The summed E-state index contributed by atoms with van der Waals surface area (Å²) in [5, 5.41) is 17.6. The molecule has 0 aliphatic heterocycles. The van der Waals surface area contributed by atoms with Gasteiger partial charge in [0.2, 0.25) is 0 Å². The van der Waals surface area contributed by atoms with E-state index in [-0.39, 0.29) is 19.4 Å². The molecule has 0 aromatic heterocycles. The van der Waals surface area contributed by atoms with Crippen molar-refractivity contribution >= 4 is 5.97 Å². The van der Waals surface area contributed by atoms with Crippen LogP contribution in [0.5, 0.6) is 0 Å². The van der Waals surface area contributed by atoms with Gasteiger partial charge in [0, 0.05) is 0 Å². The van der Waals surface area contributed by atoms with E-state index in [1.54, 1.807) is 6.92 Å². The molecule has 0 aromatic carbocycles. The minimum atomic E-state index is -1.43. The highest BCUT2D eigenvalue weighted by atomic mass is 16.9. The fourth-order valence-corrected chi connectivity index (χ4v) is 1.09. The maximum atomic E-state index is 10.7. The van der Waals surface area contributed by atoms with E-state index in [4.69, 9.17) is 10.8 Å². The second-order valence-corrected chi connectivity index (χ2v) is 3.02. The van der Waals surface area contributed by atoms with Crippen molar-refractivity contribution in [1.82, 2.24) is 0 Å². The minimum absolute atomic E-state index is 0.0723. The van der Waals surface area contributed by atoms with Gasteiger partial charge in [0.25, 0.3) is 5.09 Å². The molecule has 0 radical (unpaired) electrons. The third kappa shape index (κ3) is 4.04. The summed E-state index contributed by atoms with van der Waals surface area (Å²) in [5.74, 6) is -1.16. The monoisotopic (exact) mass is 206 g/mol. The van der Waals surface area contributed by atoms with Crippen LogP contribution in [0.3, 0.4) is 0 Å². The first-order valence-electron chi connectivity index (χ1n) is 4.22. The van der Waals surface area contributed by atoms with Crippen molar-refractivity contribution in [3.63, 3.8) is 0 Å². The smallest absolute Gasteiger partial charge is 0.323 e. The van der Waals surface area contributed by atoms with Gasteiger partial charge in [-0.1, -0.05) is 13.3 Å². The first kappa shape index (κ1) is 12.6. The number of carbonyl (C=O) groups is 1. The van der Waals surface area contributed by atoms with Gasteiger partial charge in [-0.05, 0) is 12.8 Å². The molecule has 7 nitrogen and oxygen atoms in total. The largest absolute Gasteiger partial charge is 0.480 e. The van der Waals surface area contributed by atoms with Crippen molar-refractivity contribution in [1.29, 1.82) is 0 Å². The van der Waals surface area contributed by atoms with Gasteiger partial charge >= 0.3 is 5.97 Å². The van der Waals surface area contributed by atoms with Crippen molar-refractivity contribution in [3.05, 3.63) is 10.1 Å². The lowest BCUT2D eigenvalue weighted by Gasteiger charge is -2.23. The van der Waals surface area contributed by atoms with Crippen LogP contribution in [0, 0.1) is 10.1 Å². The number of aliphatic carboxylic acids is 1. The van der Waals surface area contributed by atoms with Gasteiger partial charge in [-0.2, -0.15) is 0 Å². The molecule has 0 heterocycles. The molecule has 0 saturated heterocycles. The highest BCUT2D eigenvalue weighted by molar-refractivity contribution is 5.78. The first-order valence-corrected chi connectivity index (χ1v) is 4.22. The van der Waals surface area contributed by atoms with Crippen LogP contribution < -0.4 is 5.73 Å². The molecule has 0 fully saturated rings.